The minimum atomic E-state index is -1.06. The Labute approximate surface area is 223 Å². The molecule has 0 aromatic heterocycles. The number of benzene rings is 1. The summed E-state index contributed by atoms with van der Waals surface area (Å²) in [6.07, 6.45) is 2.07. The van der Waals surface area contributed by atoms with E-state index in [0.717, 1.165) is 35.0 Å². The average Bonchev–Trinajstić information content (AvgIpc) is 2.56. The molecule has 0 bridgehead atoms. The summed E-state index contributed by atoms with van der Waals surface area (Å²) in [6.45, 7) is 4.48. The van der Waals surface area contributed by atoms with Gasteiger partial charge >= 0.3 is 29.6 Å². The van der Waals surface area contributed by atoms with Gasteiger partial charge in [-0.2, -0.15) is 0 Å². The molecule has 0 saturated heterocycles. The van der Waals surface area contributed by atoms with Crippen molar-refractivity contribution < 1.29 is 53.7 Å². The molecule has 27 heavy (non-hydrogen) atoms. The maximum absolute atomic E-state index is 11.4. The van der Waals surface area contributed by atoms with Crippen LogP contribution in [-0.4, -0.2) is 31.7 Å². The van der Waals surface area contributed by atoms with Crippen molar-refractivity contribution in [3.05, 3.63) is 16.8 Å². The summed E-state index contributed by atoms with van der Waals surface area (Å²) in [5.41, 5.74) is 0.769. The van der Waals surface area contributed by atoms with Gasteiger partial charge in [0.05, 0.1) is 26.0 Å². The maximum Gasteiger partial charge on any atom is 1.00 e. The van der Waals surface area contributed by atoms with E-state index in [1.165, 1.54) is 6.92 Å². The van der Waals surface area contributed by atoms with Crippen LogP contribution in [-0.2, 0) is 14.3 Å². The van der Waals surface area contributed by atoms with E-state index < -0.39 is 11.9 Å². The van der Waals surface area contributed by atoms with Gasteiger partial charge in [-0.25, -0.2) is 0 Å². The smallest absolute Gasteiger partial charge is 0.550 e. The van der Waals surface area contributed by atoms with E-state index in [2.05, 4.69) is 73.1 Å². The van der Waals surface area contributed by atoms with E-state index in [1.807, 2.05) is 6.07 Å². The fourth-order valence-corrected chi connectivity index (χ4v) is 6.01. The Balaban J connectivity index is 0.00000676. The first-order chi connectivity index (χ1) is 12.3. The Morgan fingerprint density at radius 1 is 1.19 bits per heavy atom. The Bertz CT molecular complexity index is 645. The van der Waals surface area contributed by atoms with E-state index in [1.54, 1.807) is 6.92 Å². The largest absolute Gasteiger partial charge is 1.00 e. The van der Waals surface area contributed by atoms with Crippen molar-refractivity contribution in [2.24, 2.45) is 5.92 Å². The molecule has 1 aromatic carbocycles. The van der Waals surface area contributed by atoms with E-state index in [4.69, 9.17) is 9.47 Å². The number of hydrogen-bond donors (Lipinski definition) is 1. The Kier molecular flexibility index (Phi) is 15.6. The molecule has 10 heteroatoms. The van der Waals surface area contributed by atoms with Crippen LogP contribution in [0.15, 0.2) is 6.07 Å². The molecular formula is C17H21I3NNaO5. The third kappa shape index (κ3) is 10.1. The Morgan fingerprint density at radius 2 is 1.81 bits per heavy atom. The fourth-order valence-electron chi connectivity index (χ4n) is 2.05. The number of carbonyl (C=O) groups excluding carboxylic acids is 2. The van der Waals surface area contributed by atoms with Gasteiger partial charge in [0.25, 0.3) is 0 Å². The normalized spacial score (nSPS) is 11.4. The first kappa shape index (κ1) is 28.1. The van der Waals surface area contributed by atoms with Crippen LogP contribution in [0.5, 0.6) is 5.75 Å². The zero-order valence-electron chi connectivity index (χ0n) is 15.6. The number of aliphatic carboxylic acids is 1. The summed E-state index contributed by atoms with van der Waals surface area (Å²) in [5, 5.41) is 13.6. The predicted molar refractivity (Wildman–Crippen MR) is 123 cm³/mol. The number of halogens is 3. The molecule has 1 amide bonds. The number of unbranched alkanes of at least 4 members (excludes halogenated alkanes) is 1. The molecule has 1 N–H and O–H groups in total. The van der Waals surface area contributed by atoms with Crippen LogP contribution >= 0.6 is 67.8 Å². The number of hydrogen-bond acceptors (Lipinski definition) is 5. The molecule has 0 aliphatic heterocycles. The van der Waals surface area contributed by atoms with Gasteiger partial charge in [0, 0.05) is 29.0 Å². The third-order valence-corrected chi connectivity index (χ3v) is 6.18. The van der Waals surface area contributed by atoms with Crippen molar-refractivity contribution >= 4 is 85.3 Å². The second kappa shape index (κ2) is 15.0. The number of ether oxygens (including phenoxy) is 2. The zero-order chi connectivity index (χ0) is 19.7. The number of carbonyl (C=O) groups is 2. The first-order valence-electron chi connectivity index (χ1n) is 8.14. The third-order valence-electron chi connectivity index (χ3n) is 3.50. The molecule has 1 rings (SSSR count). The maximum atomic E-state index is 11.4. The summed E-state index contributed by atoms with van der Waals surface area (Å²) in [6, 6.07) is 1.97. The second-order valence-electron chi connectivity index (χ2n) is 5.59. The van der Waals surface area contributed by atoms with Gasteiger partial charge in [0.1, 0.15) is 5.75 Å². The van der Waals surface area contributed by atoms with Gasteiger partial charge in [-0.1, -0.05) is 6.92 Å². The average molecular weight is 723 g/mol. The minimum Gasteiger partial charge on any atom is -0.550 e. The SMILES string of the molecule is CCC(COCCCCOc1c(I)cc(I)c(NC(C)=O)c1I)C(=O)[O-].[Na+]. The topological polar surface area (TPSA) is 87.7 Å². The summed E-state index contributed by atoms with van der Waals surface area (Å²) in [4.78, 5) is 22.2. The van der Waals surface area contributed by atoms with Crippen LogP contribution in [0, 0.1) is 16.6 Å². The number of amides is 1. The van der Waals surface area contributed by atoms with E-state index in [-0.39, 0.29) is 42.1 Å². The molecule has 0 aliphatic carbocycles. The molecule has 0 radical (unpaired) electrons. The van der Waals surface area contributed by atoms with Crippen molar-refractivity contribution in [3.8, 4) is 5.75 Å². The van der Waals surface area contributed by atoms with Gasteiger partial charge in [-0.3, -0.25) is 4.79 Å². The van der Waals surface area contributed by atoms with Crippen molar-refractivity contribution in [1.29, 1.82) is 0 Å². The molecule has 0 heterocycles. The molecule has 0 spiro atoms. The molecule has 6 nitrogen and oxygen atoms in total. The quantitative estimate of drug-likeness (QED) is 0.204. The van der Waals surface area contributed by atoms with Gasteiger partial charge in [0.2, 0.25) is 5.91 Å². The van der Waals surface area contributed by atoms with Crippen LogP contribution in [0.2, 0.25) is 0 Å². The van der Waals surface area contributed by atoms with Crippen molar-refractivity contribution in [2.75, 3.05) is 25.1 Å². The van der Waals surface area contributed by atoms with Crippen LogP contribution in [0.3, 0.4) is 0 Å². The minimum absolute atomic E-state index is 0. The van der Waals surface area contributed by atoms with Crippen molar-refractivity contribution in [1.82, 2.24) is 0 Å². The number of anilines is 1. The first-order valence-corrected chi connectivity index (χ1v) is 11.4. The number of carboxylic acids is 1. The monoisotopic (exact) mass is 723 g/mol. The molecule has 0 fully saturated rings. The van der Waals surface area contributed by atoms with E-state index in [0.29, 0.717) is 19.6 Å². The van der Waals surface area contributed by atoms with Crippen molar-refractivity contribution in [2.45, 2.75) is 33.1 Å². The standard InChI is InChI=1S/C17H22I3NO5.Na/c1-3-11(17(23)24)9-25-6-4-5-7-26-16-13(19)8-12(18)15(14(16)20)21-10(2)22;/h8,11H,3-7,9H2,1-2H3,(H,21,22)(H,23,24);/q;+1/p-1. The second-order valence-corrected chi connectivity index (χ2v) is 9.00. The summed E-state index contributed by atoms with van der Waals surface area (Å²) >= 11 is 6.59. The van der Waals surface area contributed by atoms with Crippen LogP contribution in [0.4, 0.5) is 5.69 Å². The van der Waals surface area contributed by atoms with E-state index in [9.17, 15) is 14.7 Å². The van der Waals surface area contributed by atoms with Crippen molar-refractivity contribution in [3.63, 3.8) is 0 Å². The van der Waals surface area contributed by atoms with Gasteiger partial charge in [-0.15, -0.1) is 0 Å². The predicted octanol–water partition coefficient (Wildman–Crippen LogP) is 0.414. The number of nitrogens with one attached hydrogen (secondary N) is 1. The summed E-state index contributed by atoms with van der Waals surface area (Å²) < 4.78 is 14.1. The number of rotatable bonds is 11. The Hall–Kier alpha value is 1.11. The molecule has 0 aliphatic rings. The molecule has 0 saturated carbocycles. The van der Waals surface area contributed by atoms with Gasteiger partial charge < -0.3 is 24.7 Å². The molecule has 1 atom stereocenters. The summed E-state index contributed by atoms with van der Waals surface area (Å²) in [7, 11) is 0. The van der Waals surface area contributed by atoms with Crippen LogP contribution in [0.25, 0.3) is 0 Å². The van der Waals surface area contributed by atoms with E-state index >= 15 is 0 Å². The molecule has 146 valence electrons. The van der Waals surface area contributed by atoms with Crippen LogP contribution in [0.1, 0.15) is 33.1 Å². The van der Waals surface area contributed by atoms with Crippen LogP contribution < -0.4 is 44.7 Å². The molecule has 1 unspecified atom stereocenters. The Morgan fingerprint density at radius 3 is 2.37 bits per heavy atom. The van der Waals surface area contributed by atoms with Gasteiger partial charge in [0.15, 0.2) is 0 Å². The number of carboxylic acid groups (broad SMARTS) is 1. The molecule has 1 aromatic rings. The fraction of sp³-hybridized carbons (Fsp3) is 0.529. The molecular weight excluding hydrogens is 702 g/mol. The van der Waals surface area contributed by atoms with Gasteiger partial charge in [-0.05, 0) is 93.1 Å². The summed E-state index contributed by atoms with van der Waals surface area (Å²) in [5.74, 6) is -0.964. The zero-order valence-corrected chi connectivity index (χ0v) is 24.0.